The number of carbonyl (C=O) groups excluding carboxylic acids is 1. The van der Waals surface area contributed by atoms with Gasteiger partial charge in [-0.2, -0.15) is 0 Å². The molecule has 0 radical (unpaired) electrons. The molecule has 18 heavy (non-hydrogen) atoms. The third-order valence-electron chi connectivity index (χ3n) is 2.04. The van der Waals surface area contributed by atoms with E-state index < -0.39 is 50.3 Å². The largest absolute Gasteiger partial charge is 0.517 e. The molecule has 0 spiro atoms. The van der Waals surface area contributed by atoms with Crippen molar-refractivity contribution in [2.45, 2.75) is 31.5 Å². The van der Waals surface area contributed by atoms with Crippen LogP contribution >= 0.6 is 0 Å². The van der Waals surface area contributed by atoms with E-state index in [1.807, 2.05) is 0 Å². The molecule has 0 saturated carbocycles. The van der Waals surface area contributed by atoms with Crippen LogP contribution in [0, 0.1) is 0 Å². The predicted molar refractivity (Wildman–Crippen MR) is 59.5 cm³/mol. The predicted octanol–water partition coefficient (Wildman–Crippen LogP) is 0.139. The Hall–Kier alpha value is -1.90. The molecule has 0 aliphatic carbocycles. The summed E-state index contributed by atoms with van der Waals surface area (Å²) < 4.78 is 4.88. The van der Waals surface area contributed by atoms with Gasteiger partial charge in [-0.25, -0.2) is 0 Å². The quantitative estimate of drug-likeness (QED) is 0.533. The van der Waals surface area contributed by atoms with Crippen molar-refractivity contribution in [2.24, 2.45) is 0 Å². The molecule has 0 aromatic rings. The van der Waals surface area contributed by atoms with Crippen LogP contribution in [-0.4, -0.2) is 47.5 Å². The monoisotopic (exact) mass is 278 g/mol. The van der Waals surface area contributed by atoms with Crippen LogP contribution in [0.5, 0.6) is 0 Å². The van der Waals surface area contributed by atoms with Gasteiger partial charge in [0.1, 0.15) is 0 Å². The van der Waals surface area contributed by atoms with Crippen LogP contribution in [-0.2, 0) is 23.6 Å². The molecule has 0 unspecified atom stereocenters. The molecule has 0 saturated heterocycles. The lowest BCUT2D eigenvalue weighted by Gasteiger charge is -2.26. The Morgan fingerprint density at radius 3 is 1.44 bits per heavy atom. The number of carboxylic acids is 3. The SMILES string of the molecule is CCC(=O)O[Si](CC(=O)O)(CC(=O)O)CC(=O)O. The minimum Gasteiger partial charge on any atom is -0.517 e. The second-order valence-electron chi connectivity index (χ2n) is 3.72. The standard InChI is InChI=1S/C9H14O8Si/c1-2-9(16)17-18(3-6(10)11,4-7(12)13)5-8(14)15/h2-5H2,1H3,(H,10,11)(H,12,13)(H,14,15). The maximum absolute atomic E-state index is 11.2. The topological polar surface area (TPSA) is 138 Å². The zero-order chi connectivity index (χ0) is 14.3. The number of aliphatic carboxylic acids is 3. The number of carbonyl (C=O) groups is 4. The van der Waals surface area contributed by atoms with Crippen LogP contribution in [0.1, 0.15) is 13.3 Å². The molecular formula is C9H14O8Si. The van der Waals surface area contributed by atoms with E-state index in [1.165, 1.54) is 6.92 Å². The van der Waals surface area contributed by atoms with Gasteiger partial charge in [-0.05, 0) is 0 Å². The number of hydrogen-bond donors (Lipinski definition) is 3. The average Bonchev–Trinajstić information content (AvgIpc) is 2.12. The minimum atomic E-state index is -3.72. The van der Waals surface area contributed by atoms with Gasteiger partial charge >= 0.3 is 17.9 Å². The van der Waals surface area contributed by atoms with Crippen molar-refractivity contribution in [1.29, 1.82) is 0 Å². The zero-order valence-electron chi connectivity index (χ0n) is 9.71. The minimum absolute atomic E-state index is 0.0758. The van der Waals surface area contributed by atoms with E-state index >= 15 is 0 Å². The number of rotatable bonds is 8. The summed E-state index contributed by atoms with van der Waals surface area (Å²) in [6, 6.07) is -2.22. The molecule has 0 bridgehead atoms. The normalized spacial score (nSPS) is 10.7. The van der Waals surface area contributed by atoms with Gasteiger partial charge in [-0.15, -0.1) is 0 Å². The molecule has 0 aliphatic rings. The first-order chi connectivity index (χ1) is 8.20. The zero-order valence-corrected chi connectivity index (χ0v) is 10.7. The van der Waals surface area contributed by atoms with Crippen molar-refractivity contribution in [3.63, 3.8) is 0 Å². The Morgan fingerprint density at radius 1 is 0.889 bits per heavy atom. The summed E-state index contributed by atoms with van der Waals surface area (Å²) in [4.78, 5) is 43.3. The highest BCUT2D eigenvalue weighted by Crippen LogP contribution is 2.24. The summed E-state index contributed by atoms with van der Waals surface area (Å²) in [5.74, 6) is -4.93. The Bertz CT molecular complexity index is 323. The van der Waals surface area contributed by atoms with Gasteiger partial charge in [0.15, 0.2) is 0 Å². The van der Waals surface area contributed by atoms with Gasteiger partial charge < -0.3 is 19.7 Å². The average molecular weight is 278 g/mol. The fourth-order valence-electron chi connectivity index (χ4n) is 1.44. The maximum atomic E-state index is 11.2. The number of hydrogen-bond acceptors (Lipinski definition) is 5. The van der Waals surface area contributed by atoms with Crippen molar-refractivity contribution >= 4 is 32.2 Å². The first-order valence-corrected chi connectivity index (χ1v) is 7.61. The molecule has 8 nitrogen and oxygen atoms in total. The van der Waals surface area contributed by atoms with Crippen LogP contribution in [0.3, 0.4) is 0 Å². The highest BCUT2D eigenvalue weighted by Gasteiger charge is 2.45. The molecule has 102 valence electrons. The van der Waals surface area contributed by atoms with E-state index in [0.717, 1.165) is 0 Å². The summed E-state index contributed by atoms with van der Waals surface area (Å²) in [6.07, 6.45) is -0.0758. The Kier molecular flexibility index (Phi) is 6.03. The second-order valence-corrected chi connectivity index (χ2v) is 7.35. The highest BCUT2D eigenvalue weighted by atomic mass is 28.4. The number of carboxylic acid groups (broad SMARTS) is 3. The molecule has 0 aliphatic heterocycles. The van der Waals surface area contributed by atoms with Gasteiger partial charge in [-0.3, -0.25) is 19.2 Å². The van der Waals surface area contributed by atoms with E-state index in [-0.39, 0.29) is 6.42 Å². The third-order valence-corrected chi connectivity index (χ3v) is 5.54. The molecule has 0 amide bonds. The van der Waals surface area contributed by atoms with Crippen molar-refractivity contribution < 1.29 is 38.9 Å². The summed E-state index contributed by atoms with van der Waals surface area (Å²) >= 11 is 0. The molecule has 0 aromatic carbocycles. The molecule has 0 rings (SSSR count). The van der Waals surface area contributed by atoms with Gasteiger partial charge in [-0.1, -0.05) is 6.92 Å². The Morgan fingerprint density at radius 2 is 1.22 bits per heavy atom. The lowest BCUT2D eigenvalue weighted by molar-refractivity contribution is -0.137. The van der Waals surface area contributed by atoms with Gasteiger partial charge in [0.2, 0.25) is 0 Å². The molecule has 3 N–H and O–H groups in total. The lowest BCUT2D eigenvalue weighted by atomic mass is 10.5. The lowest BCUT2D eigenvalue weighted by Crippen LogP contribution is -2.46. The molecule has 0 heterocycles. The fourth-order valence-corrected chi connectivity index (χ4v) is 4.31. The summed E-state index contributed by atoms with van der Waals surface area (Å²) in [5, 5.41) is 26.2. The molecule has 9 heteroatoms. The van der Waals surface area contributed by atoms with Crippen LogP contribution in [0.4, 0.5) is 0 Å². The third kappa shape index (κ3) is 5.99. The Balaban J connectivity index is 5.21. The highest BCUT2D eigenvalue weighted by molar-refractivity contribution is 6.82. The van der Waals surface area contributed by atoms with E-state index in [2.05, 4.69) is 0 Å². The van der Waals surface area contributed by atoms with Gasteiger partial charge in [0.05, 0.1) is 18.1 Å². The molecular weight excluding hydrogens is 264 g/mol. The molecule has 0 aromatic heterocycles. The van der Waals surface area contributed by atoms with Gasteiger partial charge in [0, 0.05) is 6.42 Å². The van der Waals surface area contributed by atoms with Crippen molar-refractivity contribution in [1.82, 2.24) is 0 Å². The maximum Gasteiger partial charge on any atom is 0.304 e. The van der Waals surface area contributed by atoms with Crippen LogP contribution in [0.2, 0.25) is 18.1 Å². The van der Waals surface area contributed by atoms with E-state index in [4.69, 9.17) is 19.7 Å². The van der Waals surface area contributed by atoms with Crippen LogP contribution in [0.25, 0.3) is 0 Å². The summed E-state index contributed by atoms with van der Waals surface area (Å²) in [7, 11) is -3.72. The van der Waals surface area contributed by atoms with Crippen LogP contribution < -0.4 is 0 Å². The fraction of sp³-hybridized carbons (Fsp3) is 0.556. The van der Waals surface area contributed by atoms with E-state index in [9.17, 15) is 19.2 Å². The van der Waals surface area contributed by atoms with Crippen molar-refractivity contribution in [3.8, 4) is 0 Å². The first kappa shape index (κ1) is 16.1. The summed E-state index contributed by atoms with van der Waals surface area (Å²) in [5.41, 5.74) is 0. The van der Waals surface area contributed by atoms with Crippen LogP contribution in [0.15, 0.2) is 0 Å². The summed E-state index contributed by atoms with van der Waals surface area (Å²) in [6.45, 7) is 1.45. The van der Waals surface area contributed by atoms with E-state index in [1.54, 1.807) is 0 Å². The Labute approximate surface area is 103 Å². The van der Waals surface area contributed by atoms with Gasteiger partial charge in [0.25, 0.3) is 14.3 Å². The van der Waals surface area contributed by atoms with Crippen molar-refractivity contribution in [2.75, 3.05) is 0 Å². The van der Waals surface area contributed by atoms with E-state index in [0.29, 0.717) is 0 Å². The molecule has 0 fully saturated rings. The van der Waals surface area contributed by atoms with Crippen molar-refractivity contribution in [3.05, 3.63) is 0 Å². The second kappa shape index (κ2) is 6.74. The molecule has 0 atom stereocenters. The first-order valence-electron chi connectivity index (χ1n) is 5.08. The smallest absolute Gasteiger partial charge is 0.304 e.